The monoisotopic (exact) mass is 533 g/mol. The zero-order valence-electron chi connectivity index (χ0n) is 21.7. The molecule has 0 aromatic heterocycles. The molecule has 202 valence electrons. The summed E-state index contributed by atoms with van der Waals surface area (Å²) in [5.41, 5.74) is 1.54. The van der Waals surface area contributed by atoms with Gasteiger partial charge in [-0.15, -0.1) is 0 Å². The normalized spacial score (nSPS) is 16.7. The van der Waals surface area contributed by atoms with E-state index in [-0.39, 0.29) is 47.4 Å². The fourth-order valence-corrected chi connectivity index (χ4v) is 4.91. The number of dihydropyridines is 1. The van der Waals surface area contributed by atoms with Gasteiger partial charge in [-0.25, -0.2) is 9.59 Å². The summed E-state index contributed by atoms with van der Waals surface area (Å²) < 4.78 is 10.4. The fourth-order valence-electron chi connectivity index (χ4n) is 4.91. The van der Waals surface area contributed by atoms with E-state index in [2.05, 4.69) is 5.32 Å². The van der Waals surface area contributed by atoms with Gasteiger partial charge in [-0.3, -0.25) is 24.6 Å². The number of hydrogen-bond donors (Lipinski definition) is 1. The number of allylic oxidation sites excluding steroid dienone is 2. The molecule has 1 atom stereocenters. The number of methoxy groups -OCH3 is 1. The van der Waals surface area contributed by atoms with E-state index in [1.54, 1.807) is 44.2 Å². The van der Waals surface area contributed by atoms with Crippen LogP contribution in [0.4, 0.5) is 5.69 Å². The number of carbonyl (C=O) groups is 4. The molecule has 0 bridgehead atoms. The number of nitro groups is 1. The van der Waals surface area contributed by atoms with Gasteiger partial charge in [-0.2, -0.15) is 0 Å². The quantitative estimate of drug-likeness (QED) is 0.168. The van der Waals surface area contributed by atoms with Crippen molar-refractivity contribution < 1.29 is 33.6 Å². The largest absolute Gasteiger partial charge is 0.466 e. The number of nitro benzene ring substituents is 1. The molecule has 2 aliphatic heterocycles. The Bertz CT molecular complexity index is 1410. The number of fused-ring (bicyclic) bond motifs is 1. The van der Waals surface area contributed by atoms with Gasteiger partial charge >= 0.3 is 11.9 Å². The van der Waals surface area contributed by atoms with Gasteiger partial charge in [-0.1, -0.05) is 30.3 Å². The minimum absolute atomic E-state index is 0.0291. The first-order valence-corrected chi connectivity index (χ1v) is 12.3. The highest BCUT2D eigenvalue weighted by Crippen LogP contribution is 2.42. The summed E-state index contributed by atoms with van der Waals surface area (Å²) in [5.74, 6) is -3.29. The van der Waals surface area contributed by atoms with Crippen molar-refractivity contribution in [1.82, 2.24) is 10.2 Å². The first-order valence-electron chi connectivity index (χ1n) is 12.3. The maximum absolute atomic E-state index is 13.3. The molecule has 11 nitrogen and oxygen atoms in total. The van der Waals surface area contributed by atoms with E-state index >= 15 is 0 Å². The van der Waals surface area contributed by atoms with Crippen molar-refractivity contribution in [3.05, 3.63) is 97.9 Å². The number of imide groups is 1. The molecule has 2 heterocycles. The average Bonchev–Trinajstić information content (AvgIpc) is 3.16. The van der Waals surface area contributed by atoms with E-state index in [0.717, 1.165) is 0 Å². The van der Waals surface area contributed by atoms with Crippen LogP contribution in [0.1, 0.15) is 58.9 Å². The van der Waals surface area contributed by atoms with E-state index in [4.69, 9.17) is 9.47 Å². The van der Waals surface area contributed by atoms with E-state index in [9.17, 15) is 29.3 Å². The molecular weight excluding hydrogens is 506 g/mol. The lowest BCUT2D eigenvalue weighted by atomic mass is 9.79. The van der Waals surface area contributed by atoms with Gasteiger partial charge in [-0.05, 0) is 38.8 Å². The second-order valence-corrected chi connectivity index (χ2v) is 9.09. The lowest BCUT2D eigenvalue weighted by Crippen LogP contribution is -2.33. The SMILES string of the molecule is COC(=O)C1=C(C)NC(C)=C(C(=O)OCCCCN2C(=O)c3ccccc3C2=O)C1c1ccccc1[N+](=O)[O-]. The highest BCUT2D eigenvalue weighted by molar-refractivity contribution is 6.21. The summed E-state index contributed by atoms with van der Waals surface area (Å²) in [6.45, 7) is 3.39. The van der Waals surface area contributed by atoms with Crippen molar-refractivity contribution in [2.24, 2.45) is 0 Å². The summed E-state index contributed by atoms with van der Waals surface area (Å²) in [5, 5.41) is 14.8. The first kappa shape index (κ1) is 27.2. The van der Waals surface area contributed by atoms with E-state index in [1.165, 1.54) is 30.2 Å². The second kappa shape index (κ2) is 11.3. The Morgan fingerprint density at radius 1 is 0.923 bits per heavy atom. The van der Waals surface area contributed by atoms with E-state index in [1.807, 2.05) is 0 Å². The number of esters is 2. The number of rotatable bonds is 9. The highest BCUT2D eigenvalue weighted by Gasteiger charge is 2.41. The van der Waals surface area contributed by atoms with Crippen molar-refractivity contribution in [3.8, 4) is 0 Å². The molecular formula is C28H27N3O8. The third-order valence-corrected chi connectivity index (χ3v) is 6.72. The van der Waals surface area contributed by atoms with Crippen molar-refractivity contribution in [3.63, 3.8) is 0 Å². The smallest absolute Gasteiger partial charge is 0.336 e. The average molecular weight is 534 g/mol. The van der Waals surface area contributed by atoms with Gasteiger partial charge in [0.05, 0.1) is 46.8 Å². The van der Waals surface area contributed by atoms with Crippen molar-refractivity contribution >= 4 is 29.4 Å². The Hall–Kier alpha value is -4.80. The van der Waals surface area contributed by atoms with Gasteiger partial charge in [0.25, 0.3) is 17.5 Å². The first-order chi connectivity index (χ1) is 18.7. The molecule has 0 saturated carbocycles. The molecule has 0 radical (unpaired) electrons. The highest BCUT2D eigenvalue weighted by atomic mass is 16.6. The standard InChI is InChI=1S/C28H27N3O8/c1-16-22(27(34)38-3)24(20-12-6-7-13-21(20)31(36)37)23(17(2)29-16)28(35)39-15-9-8-14-30-25(32)18-10-4-5-11-19(18)26(30)33/h4-7,10-13,24,29H,8-9,14-15H2,1-3H3. The molecule has 2 aromatic carbocycles. The number of para-hydroxylation sites is 1. The summed E-state index contributed by atoms with van der Waals surface area (Å²) >= 11 is 0. The minimum Gasteiger partial charge on any atom is -0.466 e. The number of carbonyl (C=O) groups excluding carboxylic acids is 4. The molecule has 1 N–H and O–H groups in total. The van der Waals surface area contributed by atoms with Crippen LogP contribution in [0.2, 0.25) is 0 Å². The molecule has 0 saturated heterocycles. The third-order valence-electron chi connectivity index (χ3n) is 6.72. The molecule has 0 aliphatic carbocycles. The minimum atomic E-state index is -1.09. The Morgan fingerprint density at radius 2 is 1.49 bits per heavy atom. The molecule has 1 unspecified atom stereocenters. The van der Waals surface area contributed by atoms with Gasteiger partial charge in [0.2, 0.25) is 0 Å². The van der Waals surface area contributed by atoms with Crippen molar-refractivity contribution in [2.75, 3.05) is 20.3 Å². The second-order valence-electron chi connectivity index (χ2n) is 9.09. The van der Waals surface area contributed by atoms with Crippen LogP contribution in [0.15, 0.2) is 71.1 Å². The number of nitrogens with one attached hydrogen (secondary N) is 1. The number of amides is 2. The molecule has 4 rings (SSSR count). The molecule has 39 heavy (non-hydrogen) atoms. The van der Waals surface area contributed by atoms with Crippen LogP contribution in [-0.2, 0) is 19.1 Å². The van der Waals surface area contributed by atoms with Gasteiger partial charge in [0, 0.05) is 29.6 Å². The van der Waals surface area contributed by atoms with Crippen molar-refractivity contribution in [2.45, 2.75) is 32.6 Å². The molecule has 0 spiro atoms. The van der Waals surface area contributed by atoms with Crippen LogP contribution in [0.3, 0.4) is 0 Å². The number of ether oxygens (including phenoxy) is 2. The Balaban J connectivity index is 1.48. The summed E-state index contributed by atoms with van der Waals surface area (Å²) in [4.78, 5) is 63.5. The molecule has 2 aromatic rings. The van der Waals surface area contributed by atoms with Gasteiger partial charge in [0.15, 0.2) is 0 Å². The third kappa shape index (κ3) is 5.15. The Morgan fingerprint density at radius 3 is 2.08 bits per heavy atom. The van der Waals surface area contributed by atoms with Crippen LogP contribution in [-0.4, -0.2) is 53.8 Å². The van der Waals surface area contributed by atoms with Gasteiger partial charge < -0.3 is 14.8 Å². The summed E-state index contributed by atoms with van der Waals surface area (Å²) in [6.07, 6.45) is 0.753. The number of hydrogen-bond acceptors (Lipinski definition) is 9. The predicted octanol–water partition coefficient (Wildman–Crippen LogP) is 3.62. The number of nitrogens with zero attached hydrogens (tertiary/aromatic N) is 2. The molecule has 0 fully saturated rings. The van der Waals surface area contributed by atoms with Crippen molar-refractivity contribution in [1.29, 1.82) is 0 Å². The Kier molecular flexibility index (Phi) is 7.89. The van der Waals surface area contributed by atoms with E-state index in [0.29, 0.717) is 35.4 Å². The number of unbranched alkanes of at least 4 members (excludes halogenated alkanes) is 1. The van der Waals surface area contributed by atoms with Crippen LogP contribution in [0.5, 0.6) is 0 Å². The topological polar surface area (TPSA) is 145 Å². The van der Waals surface area contributed by atoms with E-state index < -0.39 is 22.8 Å². The maximum atomic E-state index is 13.3. The molecule has 11 heteroatoms. The van der Waals surface area contributed by atoms with Crippen LogP contribution in [0.25, 0.3) is 0 Å². The van der Waals surface area contributed by atoms with Crippen LogP contribution < -0.4 is 5.32 Å². The lowest BCUT2D eigenvalue weighted by Gasteiger charge is -2.30. The molecule has 2 amide bonds. The summed E-state index contributed by atoms with van der Waals surface area (Å²) in [6, 6.07) is 12.5. The van der Waals surface area contributed by atoms with Crippen LogP contribution >= 0.6 is 0 Å². The summed E-state index contributed by atoms with van der Waals surface area (Å²) in [7, 11) is 1.19. The number of benzene rings is 2. The zero-order valence-corrected chi connectivity index (χ0v) is 21.7. The fraction of sp³-hybridized carbons (Fsp3) is 0.286. The Labute approximate surface area is 224 Å². The molecule has 2 aliphatic rings. The van der Waals surface area contributed by atoms with Gasteiger partial charge in [0.1, 0.15) is 0 Å². The predicted molar refractivity (Wildman–Crippen MR) is 138 cm³/mol. The van der Waals surface area contributed by atoms with Crippen LogP contribution in [0, 0.1) is 10.1 Å². The zero-order chi connectivity index (χ0) is 28.3. The lowest BCUT2D eigenvalue weighted by molar-refractivity contribution is -0.385. The maximum Gasteiger partial charge on any atom is 0.336 e.